The first-order chi connectivity index (χ1) is 9.85. The van der Waals surface area contributed by atoms with E-state index in [-0.39, 0.29) is 18.3 Å². The molecule has 1 aromatic carbocycles. The summed E-state index contributed by atoms with van der Waals surface area (Å²) in [4.78, 5) is 11.6. The van der Waals surface area contributed by atoms with E-state index in [9.17, 15) is 4.79 Å². The Bertz CT molecular complexity index is 473. The van der Waals surface area contributed by atoms with Crippen molar-refractivity contribution in [3.63, 3.8) is 0 Å². The van der Waals surface area contributed by atoms with Crippen LogP contribution in [0.3, 0.4) is 0 Å². The van der Waals surface area contributed by atoms with Crippen LogP contribution in [0.1, 0.15) is 32.3 Å². The number of carbonyl (C=O) groups excluding carboxylic acids is 1. The highest BCUT2D eigenvalue weighted by Crippen LogP contribution is 2.27. The monoisotopic (exact) mass is 330 g/mol. The van der Waals surface area contributed by atoms with Crippen LogP contribution in [0, 0.1) is 0 Å². The summed E-state index contributed by atoms with van der Waals surface area (Å²) in [6, 6.07) is 5.86. The van der Waals surface area contributed by atoms with Gasteiger partial charge in [0.05, 0.1) is 14.2 Å². The smallest absolute Gasteiger partial charge is 0.221 e. The summed E-state index contributed by atoms with van der Waals surface area (Å²) in [5.74, 6) is 1.44. The summed E-state index contributed by atoms with van der Waals surface area (Å²) in [6.07, 6.45) is 2.07. The molecule has 1 aromatic rings. The lowest BCUT2D eigenvalue weighted by molar-refractivity contribution is -0.122. The van der Waals surface area contributed by atoms with Gasteiger partial charge in [-0.3, -0.25) is 4.79 Å². The van der Waals surface area contributed by atoms with Crippen molar-refractivity contribution in [2.24, 2.45) is 5.73 Å². The van der Waals surface area contributed by atoms with E-state index < -0.39 is 5.54 Å². The van der Waals surface area contributed by atoms with E-state index in [4.69, 9.17) is 15.2 Å². The third-order valence-electron chi connectivity index (χ3n) is 3.03. The Kier molecular flexibility index (Phi) is 8.90. The highest BCUT2D eigenvalue weighted by atomic mass is 35.5. The predicted octanol–water partition coefficient (Wildman–Crippen LogP) is 2.30. The molecule has 1 amide bonds. The summed E-state index contributed by atoms with van der Waals surface area (Å²) in [7, 11) is 3.24. The van der Waals surface area contributed by atoms with Crippen molar-refractivity contribution in [1.82, 2.24) is 5.32 Å². The molecule has 0 aliphatic heterocycles. The number of halogens is 1. The van der Waals surface area contributed by atoms with Crippen molar-refractivity contribution in [2.75, 3.05) is 20.8 Å². The molecule has 1 rings (SSSR count). The molecule has 0 radical (unpaired) electrons. The molecule has 0 heterocycles. The molecular weight excluding hydrogens is 304 g/mol. The number of benzene rings is 1. The number of ether oxygens (including phenoxy) is 2. The predicted molar refractivity (Wildman–Crippen MR) is 91.0 cm³/mol. The maximum absolute atomic E-state index is 11.6. The van der Waals surface area contributed by atoms with Gasteiger partial charge in [-0.2, -0.15) is 0 Å². The van der Waals surface area contributed by atoms with Gasteiger partial charge in [0.15, 0.2) is 11.5 Å². The van der Waals surface area contributed by atoms with E-state index in [1.165, 1.54) is 0 Å². The Morgan fingerprint density at radius 2 is 1.86 bits per heavy atom. The zero-order chi connectivity index (χ0) is 15.9. The minimum atomic E-state index is -0.465. The standard InChI is InChI=1S/C16H26N2O3.ClH/c1-16(2,17)11-15(19)18-9-5-6-12-7-8-13(20-3)14(10-12)21-4;/h7-8,10H,5-6,9,11,17H2,1-4H3,(H,18,19);1H. The molecule has 0 unspecified atom stereocenters. The van der Waals surface area contributed by atoms with E-state index in [0.29, 0.717) is 13.0 Å². The van der Waals surface area contributed by atoms with Gasteiger partial charge in [-0.05, 0) is 44.4 Å². The normalized spacial score (nSPS) is 10.6. The molecule has 3 N–H and O–H groups in total. The van der Waals surface area contributed by atoms with Crippen LogP contribution in [0.2, 0.25) is 0 Å². The molecule has 0 saturated heterocycles. The molecule has 0 bridgehead atoms. The second-order valence-electron chi connectivity index (χ2n) is 5.81. The Balaban J connectivity index is 0.00000441. The van der Waals surface area contributed by atoms with Crippen LogP contribution in [-0.2, 0) is 11.2 Å². The lowest BCUT2D eigenvalue weighted by Gasteiger charge is -2.17. The van der Waals surface area contributed by atoms with Gasteiger partial charge in [0, 0.05) is 18.5 Å². The van der Waals surface area contributed by atoms with Crippen molar-refractivity contribution in [1.29, 1.82) is 0 Å². The van der Waals surface area contributed by atoms with E-state index >= 15 is 0 Å². The average Bonchev–Trinajstić information content (AvgIpc) is 2.41. The van der Waals surface area contributed by atoms with Crippen molar-refractivity contribution in [3.8, 4) is 11.5 Å². The van der Waals surface area contributed by atoms with Gasteiger partial charge in [-0.1, -0.05) is 6.07 Å². The molecule has 0 fully saturated rings. The molecular formula is C16H27ClN2O3. The lowest BCUT2D eigenvalue weighted by atomic mass is 10.0. The van der Waals surface area contributed by atoms with E-state index in [2.05, 4.69) is 5.32 Å². The number of nitrogens with one attached hydrogen (secondary N) is 1. The highest BCUT2D eigenvalue weighted by Gasteiger charge is 2.15. The summed E-state index contributed by atoms with van der Waals surface area (Å²) in [5.41, 5.74) is 6.49. The first-order valence-corrected chi connectivity index (χ1v) is 7.12. The van der Waals surface area contributed by atoms with E-state index in [1.54, 1.807) is 14.2 Å². The molecule has 126 valence electrons. The third-order valence-corrected chi connectivity index (χ3v) is 3.03. The fourth-order valence-electron chi connectivity index (χ4n) is 2.03. The Labute approximate surface area is 139 Å². The highest BCUT2D eigenvalue weighted by molar-refractivity contribution is 5.85. The molecule has 6 heteroatoms. The zero-order valence-corrected chi connectivity index (χ0v) is 14.6. The van der Waals surface area contributed by atoms with E-state index in [1.807, 2.05) is 32.0 Å². The molecule has 0 atom stereocenters. The second-order valence-corrected chi connectivity index (χ2v) is 5.81. The van der Waals surface area contributed by atoms with Crippen LogP contribution in [-0.4, -0.2) is 32.2 Å². The lowest BCUT2D eigenvalue weighted by Crippen LogP contribution is -2.39. The summed E-state index contributed by atoms with van der Waals surface area (Å²) < 4.78 is 10.5. The van der Waals surface area contributed by atoms with Crippen LogP contribution in [0.5, 0.6) is 11.5 Å². The van der Waals surface area contributed by atoms with Gasteiger partial charge in [0.1, 0.15) is 0 Å². The van der Waals surface area contributed by atoms with Gasteiger partial charge in [-0.15, -0.1) is 12.4 Å². The Morgan fingerprint density at radius 3 is 2.41 bits per heavy atom. The maximum Gasteiger partial charge on any atom is 0.221 e. The van der Waals surface area contributed by atoms with Crippen LogP contribution in [0.15, 0.2) is 18.2 Å². The molecule has 0 aliphatic carbocycles. The fourth-order valence-corrected chi connectivity index (χ4v) is 2.03. The maximum atomic E-state index is 11.6. The SMILES string of the molecule is COc1ccc(CCCNC(=O)CC(C)(C)N)cc1OC.Cl. The number of amides is 1. The largest absolute Gasteiger partial charge is 0.493 e. The second kappa shape index (κ2) is 9.54. The minimum absolute atomic E-state index is 0. The van der Waals surface area contributed by atoms with Gasteiger partial charge in [0.25, 0.3) is 0 Å². The quantitative estimate of drug-likeness (QED) is 0.717. The number of hydrogen-bond acceptors (Lipinski definition) is 4. The molecule has 0 saturated carbocycles. The molecule has 5 nitrogen and oxygen atoms in total. The number of aryl methyl sites for hydroxylation is 1. The first-order valence-electron chi connectivity index (χ1n) is 7.12. The van der Waals surface area contributed by atoms with Gasteiger partial charge < -0.3 is 20.5 Å². The van der Waals surface area contributed by atoms with Crippen LogP contribution in [0.25, 0.3) is 0 Å². The molecule has 0 aromatic heterocycles. The summed E-state index contributed by atoms with van der Waals surface area (Å²) in [5, 5.41) is 2.89. The van der Waals surface area contributed by atoms with E-state index in [0.717, 1.165) is 29.9 Å². The van der Waals surface area contributed by atoms with Crippen molar-refractivity contribution < 1.29 is 14.3 Å². The van der Waals surface area contributed by atoms with Gasteiger partial charge in [-0.25, -0.2) is 0 Å². The van der Waals surface area contributed by atoms with Crippen LogP contribution >= 0.6 is 12.4 Å². The number of carbonyl (C=O) groups is 1. The zero-order valence-electron chi connectivity index (χ0n) is 13.8. The van der Waals surface area contributed by atoms with Crippen molar-refractivity contribution >= 4 is 18.3 Å². The Morgan fingerprint density at radius 1 is 1.23 bits per heavy atom. The topological polar surface area (TPSA) is 73.6 Å². The molecule has 0 aliphatic rings. The first kappa shape index (κ1) is 20.5. The van der Waals surface area contributed by atoms with Gasteiger partial charge >= 0.3 is 0 Å². The van der Waals surface area contributed by atoms with Crippen LogP contribution < -0.4 is 20.5 Å². The summed E-state index contributed by atoms with van der Waals surface area (Å²) in [6.45, 7) is 4.33. The molecule has 22 heavy (non-hydrogen) atoms. The van der Waals surface area contributed by atoms with Crippen LogP contribution in [0.4, 0.5) is 0 Å². The fraction of sp³-hybridized carbons (Fsp3) is 0.562. The number of hydrogen-bond donors (Lipinski definition) is 2. The van der Waals surface area contributed by atoms with Gasteiger partial charge in [0.2, 0.25) is 5.91 Å². The number of methoxy groups -OCH3 is 2. The van der Waals surface area contributed by atoms with Crippen molar-refractivity contribution in [3.05, 3.63) is 23.8 Å². The Hall–Kier alpha value is -1.46. The average molecular weight is 331 g/mol. The minimum Gasteiger partial charge on any atom is -0.493 e. The number of rotatable bonds is 8. The number of nitrogens with two attached hydrogens (primary N) is 1. The summed E-state index contributed by atoms with van der Waals surface area (Å²) >= 11 is 0. The van der Waals surface area contributed by atoms with Crippen molar-refractivity contribution in [2.45, 2.75) is 38.6 Å². The molecule has 0 spiro atoms. The third kappa shape index (κ3) is 7.52.